The van der Waals surface area contributed by atoms with Crippen LogP contribution in [0, 0.1) is 13.8 Å². The number of aryl methyl sites for hydroxylation is 1. The van der Waals surface area contributed by atoms with Crippen molar-refractivity contribution in [3.05, 3.63) is 86.8 Å². The minimum atomic E-state index is -1.27. The van der Waals surface area contributed by atoms with Crippen molar-refractivity contribution >= 4 is 47.2 Å². The zero-order chi connectivity index (χ0) is 25.3. The molecule has 2 aromatic carbocycles. The molecule has 35 heavy (non-hydrogen) atoms. The van der Waals surface area contributed by atoms with Crippen LogP contribution in [0.4, 0.5) is 4.79 Å². The number of aromatic nitrogens is 1. The summed E-state index contributed by atoms with van der Waals surface area (Å²) in [5, 5.41) is 12.5. The molecule has 0 unspecified atom stereocenters. The third-order valence-electron chi connectivity index (χ3n) is 5.53. The third kappa shape index (κ3) is 5.18. The molecule has 3 amide bonds. The molecule has 10 heteroatoms. The van der Waals surface area contributed by atoms with Crippen LogP contribution in [0.2, 0.25) is 10.0 Å². The number of ether oxygens (including phenoxy) is 1. The summed E-state index contributed by atoms with van der Waals surface area (Å²) >= 11 is 12.1. The van der Waals surface area contributed by atoms with Crippen LogP contribution >= 0.6 is 23.2 Å². The molecule has 180 valence electrons. The summed E-state index contributed by atoms with van der Waals surface area (Å²) in [6.07, 6.45) is 1.55. The summed E-state index contributed by atoms with van der Waals surface area (Å²) in [5.74, 6) is -1.27. The standard InChI is InChI=1S/C25H21Cl2N3O5/c1-14-9-17(10-22-24(33)29(12-23(31)32)25(34)28-22)15(2)30(14)19-5-7-20(8-6-19)35-13-16-3-4-18(26)11-21(16)27/h3-11H,12-13H2,1-2H3,(H,28,34)(H,31,32)/b22-10+. The molecule has 3 aromatic rings. The number of nitrogens with zero attached hydrogens (tertiary/aromatic N) is 2. The van der Waals surface area contributed by atoms with Crippen LogP contribution < -0.4 is 10.1 Å². The Hall–Kier alpha value is -3.75. The molecule has 1 aliphatic heterocycles. The molecule has 1 saturated heterocycles. The summed E-state index contributed by atoms with van der Waals surface area (Å²) in [7, 11) is 0. The molecule has 0 radical (unpaired) electrons. The Kier molecular flexibility index (Phi) is 6.86. The van der Waals surface area contributed by atoms with Crippen molar-refractivity contribution in [3.63, 3.8) is 0 Å². The van der Waals surface area contributed by atoms with Gasteiger partial charge in [-0.05, 0) is 68.0 Å². The molecule has 2 heterocycles. The molecule has 1 fully saturated rings. The SMILES string of the molecule is Cc1cc(/C=C2/NC(=O)N(CC(=O)O)C2=O)c(C)n1-c1ccc(OCc2ccc(Cl)cc2Cl)cc1. The lowest BCUT2D eigenvalue weighted by atomic mass is 10.2. The molecule has 0 aliphatic carbocycles. The highest BCUT2D eigenvalue weighted by Gasteiger charge is 2.35. The van der Waals surface area contributed by atoms with Gasteiger partial charge in [-0.25, -0.2) is 9.69 Å². The van der Waals surface area contributed by atoms with Gasteiger partial charge in [-0.15, -0.1) is 0 Å². The smallest absolute Gasteiger partial charge is 0.329 e. The average molecular weight is 514 g/mol. The normalized spacial score (nSPS) is 14.5. The first-order chi connectivity index (χ1) is 16.6. The fourth-order valence-electron chi connectivity index (χ4n) is 3.83. The number of halogens is 2. The number of carboxylic acid groups (broad SMARTS) is 1. The van der Waals surface area contributed by atoms with Crippen molar-refractivity contribution in [3.8, 4) is 11.4 Å². The van der Waals surface area contributed by atoms with Gasteiger partial charge in [0.15, 0.2) is 0 Å². The van der Waals surface area contributed by atoms with Gasteiger partial charge in [0, 0.05) is 32.7 Å². The molecule has 0 bridgehead atoms. The predicted molar refractivity (Wildman–Crippen MR) is 132 cm³/mol. The van der Waals surface area contributed by atoms with Gasteiger partial charge in [0.1, 0.15) is 24.6 Å². The Balaban J connectivity index is 1.52. The summed E-state index contributed by atoms with van der Waals surface area (Å²) in [4.78, 5) is 36.0. The van der Waals surface area contributed by atoms with Crippen LogP contribution in [0.15, 0.2) is 54.2 Å². The second-order valence-corrected chi connectivity index (χ2v) is 8.80. The predicted octanol–water partition coefficient (Wildman–Crippen LogP) is 4.96. The highest BCUT2D eigenvalue weighted by atomic mass is 35.5. The molecular formula is C25H21Cl2N3O5. The van der Waals surface area contributed by atoms with E-state index in [1.165, 1.54) is 0 Å². The summed E-state index contributed by atoms with van der Waals surface area (Å²) in [6.45, 7) is 3.42. The first-order valence-electron chi connectivity index (χ1n) is 10.6. The third-order valence-corrected chi connectivity index (χ3v) is 6.12. The number of benzene rings is 2. The maximum Gasteiger partial charge on any atom is 0.329 e. The Morgan fingerprint density at radius 2 is 1.80 bits per heavy atom. The maximum absolute atomic E-state index is 12.4. The van der Waals surface area contributed by atoms with Crippen molar-refractivity contribution in [2.24, 2.45) is 0 Å². The van der Waals surface area contributed by atoms with E-state index < -0.39 is 24.5 Å². The largest absolute Gasteiger partial charge is 0.489 e. The van der Waals surface area contributed by atoms with Gasteiger partial charge < -0.3 is 19.7 Å². The minimum absolute atomic E-state index is 0.0288. The number of carboxylic acids is 1. The molecule has 0 atom stereocenters. The van der Waals surface area contributed by atoms with Crippen molar-refractivity contribution in [1.29, 1.82) is 0 Å². The average Bonchev–Trinajstić information content (AvgIpc) is 3.22. The second kappa shape index (κ2) is 9.85. The number of carbonyl (C=O) groups is 3. The monoisotopic (exact) mass is 513 g/mol. The Morgan fingerprint density at radius 3 is 2.46 bits per heavy atom. The topological polar surface area (TPSA) is 101 Å². The molecule has 0 saturated carbocycles. The van der Waals surface area contributed by atoms with E-state index in [4.69, 9.17) is 33.0 Å². The van der Waals surface area contributed by atoms with E-state index in [0.717, 1.165) is 28.2 Å². The van der Waals surface area contributed by atoms with Crippen molar-refractivity contribution in [2.75, 3.05) is 6.54 Å². The molecule has 8 nitrogen and oxygen atoms in total. The number of nitrogens with one attached hydrogen (secondary N) is 1. The molecule has 1 aromatic heterocycles. The Bertz CT molecular complexity index is 1360. The first-order valence-corrected chi connectivity index (χ1v) is 11.3. The summed E-state index contributed by atoms with van der Waals surface area (Å²) in [6, 6.07) is 13.9. The highest BCUT2D eigenvalue weighted by Crippen LogP contribution is 2.26. The lowest BCUT2D eigenvalue weighted by Gasteiger charge is -2.12. The van der Waals surface area contributed by atoms with Crippen LogP contribution in [-0.4, -0.2) is 39.0 Å². The fraction of sp³-hybridized carbons (Fsp3) is 0.160. The van der Waals surface area contributed by atoms with Gasteiger partial charge in [-0.1, -0.05) is 29.3 Å². The zero-order valence-electron chi connectivity index (χ0n) is 18.8. The van der Waals surface area contributed by atoms with E-state index in [0.29, 0.717) is 27.3 Å². The molecule has 2 N–H and O–H groups in total. The maximum atomic E-state index is 12.4. The van der Waals surface area contributed by atoms with Gasteiger partial charge in [0.05, 0.1) is 0 Å². The number of amides is 3. The van der Waals surface area contributed by atoms with Crippen LogP contribution in [0.1, 0.15) is 22.5 Å². The van der Waals surface area contributed by atoms with E-state index in [1.54, 1.807) is 18.2 Å². The van der Waals surface area contributed by atoms with Gasteiger partial charge in [0.2, 0.25) is 0 Å². The first kappa shape index (κ1) is 24.4. The molecular weight excluding hydrogens is 493 g/mol. The summed E-state index contributed by atoms with van der Waals surface area (Å²) in [5.41, 5.74) is 4.22. The number of imide groups is 1. The second-order valence-electron chi connectivity index (χ2n) is 7.95. The van der Waals surface area contributed by atoms with Crippen molar-refractivity contribution in [2.45, 2.75) is 20.5 Å². The van der Waals surface area contributed by atoms with Gasteiger partial charge in [-0.3, -0.25) is 9.59 Å². The van der Waals surface area contributed by atoms with E-state index in [1.807, 2.05) is 54.8 Å². The van der Waals surface area contributed by atoms with Crippen molar-refractivity contribution < 1.29 is 24.2 Å². The van der Waals surface area contributed by atoms with Gasteiger partial charge >= 0.3 is 12.0 Å². The lowest BCUT2D eigenvalue weighted by Crippen LogP contribution is -2.35. The summed E-state index contributed by atoms with van der Waals surface area (Å²) < 4.78 is 7.85. The molecule has 0 spiro atoms. The molecule has 1 aliphatic rings. The highest BCUT2D eigenvalue weighted by molar-refractivity contribution is 6.35. The van der Waals surface area contributed by atoms with Crippen LogP contribution in [-0.2, 0) is 16.2 Å². The number of hydrogen-bond acceptors (Lipinski definition) is 4. The number of carbonyl (C=O) groups excluding carboxylic acids is 2. The van der Waals surface area contributed by atoms with Crippen LogP contribution in [0.5, 0.6) is 5.75 Å². The molecule has 4 rings (SSSR count). The van der Waals surface area contributed by atoms with E-state index >= 15 is 0 Å². The number of hydrogen-bond donors (Lipinski definition) is 2. The van der Waals surface area contributed by atoms with E-state index in [9.17, 15) is 14.4 Å². The quantitative estimate of drug-likeness (QED) is 0.343. The van der Waals surface area contributed by atoms with E-state index in [-0.39, 0.29) is 5.70 Å². The van der Waals surface area contributed by atoms with Gasteiger partial charge in [-0.2, -0.15) is 0 Å². The van der Waals surface area contributed by atoms with E-state index in [2.05, 4.69) is 5.32 Å². The minimum Gasteiger partial charge on any atom is -0.489 e. The fourth-order valence-corrected chi connectivity index (χ4v) is 4.29. The van der Waals surface area contributed by atoms with Crippen LogP contribution in [0.3, 0.4) is 0 Å². The van der Waals surface area contributed by atoms with Gasteiger partial charge in [0.25, 0.3) is 5.91 Å². The lowest BCUT2D eigenvalue weighted by molar-refractivity contribution is -0.140. The van der Waals surface area contributed by atoms with Crippen molar-refractivity contribution in [1.82, 2.24) is 14.8 Å². The Labute approximate surface area is 211 Å². The van der Waals surface area contributed by atoms with Crippen LogP contribution in [0.25, 0.3) is 11.8 Å². The number of rotatable bonds is 7. The Morgan fingerprint density at radius 1 is 1.09 bits per heavy atom. The number of urea groups is 1. The number of aliphatic carboxylic acids is 1. The zero-order valence-corrected chi connectivity index (χ0v) is 20.4.